The smallest absolute Gasteiger partial charge is 0.162 e. The Morgan fingerprint density at radius 3 is 2.45 bits per heavy atom. The van der Waals surface area contributed by atoms with Gasteiger partial charge < -0.3 is 5.32 Å². The first-order valence-electron chi connectivity index (χ1n) is 7.77. The summed E-state index contributed by atoms with van der Waals surface area (Å²) in [4.78, 5) is 9.48. The minimum absolute atomic E-state index is 0.379. The molecule has 0 bridgehead atoms. The summed E-state index contributed by atoms with van der Waals surface area (Å²) in [5.74, 6) is 1.68. The van der Waals surface area contributed by atoms with Crippen molar-refractivity contribution in [3.63, 3.8) is 0 Å². The molecule has 1 aromatic heterocycles. The van der Waals surface area contributed by atoms with Crippen LogP contribution in [-0.2, 0) is 0 Å². The number of fused-ring (bicyclic) bond motifs is 1. The molecule has 2 aromatic carbocycles. The Morgan fingerprint density at radius 2 is 1.73 bits per heavy atom. The molecule has 0 spiro atoms. The summed E-state index contributed by atoms with van der Waals surface area (Å²) in [6.07, 6.45) is 1.05. The average Bonchev–Trinajstić information content (AvgIpc) is 2.55. The van der Waals surface area contributed by atoms with Gasteiger partial charge >= 0.3 is 0 Å². The van der Waals surface area contributed by atoms with Gasteiger partial charge in [-0.1, -0.05) is 48.9 Å². The van der Waals surface area contributed by atoms with Gasteiger partial charge in [0.2, 0.25) is 0 Å². The number of nitrogens with one attached hydrogen (secondary N) is 1. The van der Waals surface area contributed by atoms with Crippen molar-refractivity contribution in [1.82, 2.24) is 9.97 Å². The summed E-state index contributed by atoms with van der Waals surface area (Å²) >= 11 is 0. The predicted octanol–water partition coefficient (Wildman–Crippen LogP) is 4.82. The van der Waals surface area contributed by atoms with Gasteiger partial charge in [-0.3, -0.25) is 0 Å². The number of hydrogen-bond donors (Lipinski definition) is 1. The van der Waals surface area contributed by atoms with Gasteiger partial charge in [0.1, 0.15) is 5.82 Å². The Kier molecular flexibility index (Phi) is 4.05. The van der Waals surface area contributed by atoms with E-state index in [0.29, 0.717) is 6.04 Å². The Labute approximate surface area is 131 Å². The molecule has 1 heterocycles. The van der Waals surface area contributed by atoms with Gasteiger partial charge in [0.25, 0.3) is 0 Å². The molecule has 3 heteroatoms. The SMILES string of the molecule is CCC(C)Nc1nc(-c2ccc(C)cc2)nc2ccccc12. The fourth-order valence-electron chi connectivity index (χ4n) is 2.35. The highest BCUT2D eigenvalue weighted by molar-refractivity contribution is 5.90. The van der Waals surface area contributed by atoms with Crippen LogP contribution in [0.4, 0.5) is 5.82 Å². The van der Waals surface area contributed by atoms with Crippen LogP contribution in [0.15, 0.2) is 48.5 Å². The standard InChI is InChI=1S/C19H21N3/c1-4-14(3)20-19-16-7-5-6-8-17(16)21-18(22-19)15-11-9-13(2)10-12-15/h5-12,14H,4H2,1-3H3,(H,20,21,22). The van der Waals surface area contributed by atoms with E-state index in [1.165, 1.54) is 5.56 Å². The van der Waals surface area contributed by atoms with Gasteiger partial charge in [0.15, 0.2) is 5.82 Å². The maximum Gasteiger partial charge on any atom is 0.162 e. The Morgan fingerprint density at radius 1 is 1.00 bits per heavy atom. The van der Waals surface area contributed by atoms with E-state index in [1.54, 1.807) is 0 Å². The third-order valence-electron chi connectivity index (χ3n) is 3.91. The van der Waals surface area contributed by atoms with Crippen LogP contribution in [-0.4, -0.2) is 16.0 Å². The lowest BCUT2D eigenvalue weighted by atomic mass is 10.1. The molecule has 0 amide bonds. The first kappa shape index (κ1) is 14.5. The van der Waals surface area contributed by atoms with Crippen molar-refractivity contribution >= 4 is 16.7 Å². The van der Waals surface area contributed by atoms with Crippen LogP contribution in [0, 0.1) is 6.92 Å². The third kappa shape index (κ3) is 2.93. The number of hydrogen-bond acceptors (Lipinski definition) is 3. The topological polar surface area (TPSA) is 37.8 Å². The van der Waals surface area contributed by atoms with E-state index in [0.717, 1.165) is 34.5 Å². The fraction of sp³-hybridized carbons (Fsp3) is 0.263. The highest BCUT2D eigenvalue weighted by Gasteiger charge is 2.10. The molecule has 0 saturated carbocycles. The third-order valence-corrected chi connectivity index (χ3v) is 3.91. The second-order valence-corrected chi connectivity index (χ2v) is 5.73. The van der Waals surface area contributed by atoms with E-state index in [9.17, 15) is 0 Å². The van der Waals surface area contributed by atoms with Crippen LogP contribution < -0.4 is 5.32 Å². The molecule has 22 heavy (non-hydrogen) atoms. The molecular weight excluding hydrogens is 270 g/mol. The normalized spacial score (nSPS) is 12.3. The number of aryl methyl sites for hydroxylation is 1. The van der Waals surface area contributed by atoms with Crippen LogP contribution in [0.3, 0.4) is 0 Å². The van der Waals surface area contributed by atoms with Crippen molar-refractivity contribution < 1.29 is 0 Å². The molecule has 3 nitrogen and oxygen atoms in total. The summed E-state index contributed by atoms with van der Waals surface area (Å²) in [6.45, 7) is 6.42. The van der Waals surface area contributed by atoms with Crippen LogP contribution in [0.1, 0.15) is 25.8 Å². The minimum Gasteiger partial charge on any atom is -0.367 e. The lowest BCUT2D eigenvalue weighted by molar-refractivity contribution is 0.760. The van der Waals surface area contributed by atoms with E-state index >= 15 is 0 Å². The van der Waals surface area contributed by atoms with Crippen LogP contribution in [0.5, 0.6) is 0 Å². The van der Waals surface area contributed by atoms with Crippen molar-refractivity contribution in [3.8, 4) is 11.4 Å². The number of anilines is 1. The summed E-state index contributed by atoms with van der Waals surface area (Å²) < 4.78 is 0. The van der Waals surface area contributed by atoms with E-state index < -0.39 is 0 Å². The van der Waals surface area contributed by atoms with Crippen molar-refractivity contribution in [2.75, 3.05) is 5.32 Å². The molecule has 0 aliphatic carbocycles. The fourth-order valence-corrected chi connectivity index (χ4v) is 2.35. The number of rotatable bonds is 4. The van der Waals surface area contributed by atoms with Crippen LogP contribution in [0.2, 0.25) is 0 Å². The second kappa shape index (κ2) is 6.14. The van der Waals surface area contributed by atoms with Gasteiger partial charge in [-0.05, 0) is 32.4 Å². The molecule has 0 fully saturated rings. The summed E-state index contributed by atoms with van der Waals surface area (Å²) in [6, 6.07) is 16.9. The van der Waals surface area contributed by atoms with Crippen molar-refractivity contribution in [2.45, 2.75) is 33.2 Å². The largest absolute Gasteiger partial charge is 0.367 e. The van der Waals surface area contributed by atoms with E-state index in [-0.39, 0.29) is 0 Å². The number of aromatic nitrogens is 2. The Hall–Kier alpha value is -2.42. The molecule has 112 valence electrons. The van der Waals surface area contributed by atoms with Gasteiger partial charge in [-0.2, -0.15) is 0 Å². The molecule has 1 N–H and O–H groups in total. The molecule has 1 unspecified atom stereocenters. The molecule has 0 aliphatic rings. The zero-order valence-corrected chi connectivity index (χ0v) is 13.3. The average molecular weight is 291 g/mol. The zero-order chi connectivity index (χ0) is 15.5. The van der Waals surface area contributed by atoms with E-state index in [1.807, 2.05) is 18.2 Å². The van der Waals surface area contributed by atoms with Crippen molar-refractivity contribution in [3.05, 3.63) is 54.1 Å². The van der Waals surface area contributed by atoms with E-state index in [2.05, 4.69) is 56.4 Å². The number of para-hydroxylation sites is 1. The first-order chi connectivity index (χ1) is 10.7. The Bertz CT molecular complexity index is 778. The molecule has 1 atom stereocenters. The number of benzene rings is 2. The quantitative estimate of drug-likeness (QED) is 0.749. The van der Waals surface area contributed by atoms with Gasteiger partial charge in [0, 0.05) is 17.0 Å². The molecule has 3 rings (SSSR count). The molecule has 0 aliphatic heterocycles. The lowest BCUT2D eigenvalue weighted by Crippen LogP contribution is -2.15. The van der Waals surface area contributed by atoms with Crippen LogP contribution >= 0.6 is 0 Å². The summed E-state index contributed by atoms with van der Waals surface area (Å²) in [5.41, 5.74) is 3.25. The molecule has 3 aromatic rings. The second-order valence-electron chi connectivity index (χ2n) is 5.73. The predicted molar refractivity (Wildman–Crippen MR) is 93.1 cm³/mol. The van der Waals surface area contributed by atoms with Gasteiger partial charge in [0.05, 0.1) is 5.52 Å². The van der Waals surface area contributed by atoms with Gasteiger partial charge in [-0.15, -0.1) is 0 Å². The molecule has 0 saturated heterocycles. The van der Waals surface area contributed by atoms with E-state index in [4.69, 9.17) is 9.97 Å². The monoisotopic (exact) mass is 291 g/mol. The van der Waals surface area contributed by atoms with Crippen LogP contribution in [0.25, 0.3) is 22.3 Å². The maximum absolute atomic E-state index is 4.77. The minimum atomic E-state index is 0.379. The van der Waals surface area contributed by atoms with Crippen molar-refractivity contribution in [1.29, 1.82) is 0 Å². The number of nitrogens with zero attached hydrogens (tertiary/aromatic N) is 2. The molecule has 0 radical (unpaired) electrons. The summed E-state index contributed by atoms with van der Waals surface area (Å²) in [5, 5.41) is 4.57. The maximum atomic E-state index is 4.77. The zero-order valence-electron chi connectivity index (χ0n) is 13.3. The highest BCUT2D eigenvalue weighted by atomic mass is 15.0. The highest BCUT2D eigenvalue weighted by Crippen LogP contribution is 2.25. The lowest BCUT2D eigenvalue weighted by Gasteiger charge is -2.15. The first-order valence-corrected chi connectivity index (χ1v) is 7.77. The van der Waals surface area contributed by atoms with Crippen molar-refractivity contribution in [2.24, 2.45) is 0 Å². The molecular formula is C19H21N3. The van der Waals surface area contributed by atoms with Gasteiger partial charge in [-0.25, -0.2) is 9.97 Å². The summed E-state index contributed by atoms with van der Waals surface area (Å²) in [7, 11) is 0. The Balaban J connectivity index is 2.13.